The topological polar surface area (TPSA) is 103 Å². The Morgan fingerprint density at radius 1 is 1.44 bits per heavy atom. The molecule has 1 aliphatic heterocycles. The van der Waals surface area contributed by atoms with Crippen LogP contribution in [-0.2, 0) is 23.9 Å². The minimum absolute atomic E-state index is 0.0164. The minimum Gasteiger partial charge on any atom is -0.492 e. The average Bonchev–Trinajstić information content (AvgIpc) is 2.60. The number of halogens is 2. The van der Waals surface area contributed by atoms with Gasteiger partial charge in [-0.25, -0.2) is 9.18 Å². The highest BCUT2D eigenvalue weighted by atomic mass is 35.5. The molecular formula is C16H18ClFN2O6S. The third-order valence-corrected chi connectivity index (χ3v) is 4.13. The van der Waals surface area contributed by atoms with Crippen LogP contribution in [0.1, 0.15) is 24.9 Å². The number of ether oxygens (including phenoxy) is 2. The summed E-state index contributed by atoms with van der Waals surface area (Å²) < 4.78 is 51.5. The molecule has 0 radical (unpaired) electrons. The molecule has 0 amide bonds. The van der Waals surface area contributed by atoms with Gasteiger partial charge in [0.05, 0.1) is 31.0 Å². The Bertz CT molecular complexity index is 900. The Hall–Kier alpha value is -2.17. The molecule has 8 nitrogen and oxygen atoms in total. The fraction of sp³-hybridized carbons (Fsp3) is 0.375. The summed E-state index contributed by atoms with van der Waals surface area (Å²) in [5.41, 5.74) is 2.52. The second-order valence-corrected chi connectivity index (χ2v) is 7.47. The van der Waals surface area contributed by atoms with Crippen molar-refractivity contribution < 1.29 is 31.4 Å². The maximum Gasteiger partial charge on any atom is 0.352 e. The van der Waals surface area contributed by atoms with Gasteiger partial charge in [0.2, 0.25) is 0 Å². The first kappa shape index (κ1) is 21.1. The lowest BCUT2D eigenvalue weighted by Gasteiger charge is -2.21. The van der Waals surface area contributed by atoms with Gasteiger partial charge in [-0.1, -0.05) is 17.7 Å². The van der Waals surface area contributed by atoms with Gasteiger partial charge in [0, 0.05) is 17.7 Å². The second-order valence-electron chi connectivity index (χ2n) is 5.48. The Morgan fingerprint density at radius 3 is 2.74 bits per heavy atom. The summed E-state index contributed by atoms with van der Waals surface area (Å²) >= 11 is 5.90. The zero-order chi connectivity index (χ0) is 20.2. The number of nitrogens with one attached hydrogen (secondary N) is 1. The van der Waals surface area contributed by atoms with Crippen LogP contribution < -0.4 is 10.2 Å². The SMILES string of the molecule is CCOC(=O)C1=NC(c2ccc(Cl)c(OC)c2F)C=C(NOS(C)(=O)=O)C1. The zero-order valence-electron chi connectivity index (χ0n) is 14.8. The fourth-order valence-electron chi connectivity index (χ4n) is 2.34. The highest BCUT2D eigenvalue weighted by Crippen LogP contribution is 2.35. The monoisotopic (exact) mass is 420 g/mol. The summed E-state index contributed by atoms with van der Waals surface area (Å²) in [4.78, 5) is 16.3. The van der Waals surface area contributed by atoms with Crippen LogP contribution in [0.25, 0.3) is 0 Å². The van der Waals surface area contributed by atoms with E-state index in [9.17, 15) is 17.6 Å². The number of dihydropyridines is 1. The molecule has 148 valence electrons. The number of benzene rings is 1. The highest BCUT2D eigenvalue weighted by molar-refractivity contribution is 7.85. The summed E-state index contributed by atoms with van der Waals surface area (Å²) in [6, 6.07) is 1.88. The van der Waals surface area contributed by atoms with Gasteiger partial charge in [-0.05, 0) is 19.1 Å². The number of aliphatic imine (C=N–C) groups is 1. The number of nitrogens with zero attached hydrogens (tertiary/aromatic N) is 1. The van der Waals surface area contributed by atoms with Crippen molar-refractivity contribution >= 4 is 33.4 Å². The smallest absolute Gasteiger partial charge is 0.352 e. The molecule has 0 saturated heterocycles. The molecule has 27 heavy (non-hydrogen) atoms. The Balaban J connectivity index is 2.44. The van der Waals surface area contributed by atoms with Crippen molar-refractivity contribution in [1.82, 2.24) is 5.48 Å². The van der Waals surface area contributed by atoms with Crippen LogP contribution in [0.3, 0.4) is 0 Å². The van der Waals surface area contributed by atoms with Gasteiger partial charge in [0.15, 0.2) is 11.6 Å². The van der Waals surface area contributed by atoms with Crippen molar-refractivity contribution in [2.45, 2.75) is 19.4 Å². The first-order valence-corrected chi connectivity index (χ1v) is 9.96. The third kappa shape index (κ3) is 5.41. The molecule has 1 N–H and O–H groups in total. The zero-order valence-corrected chi connectivity index (χ0v) is 16.4. The lowest BCUT2D eigenvalue weighted by atomic mass is 10.00. The van der Waals surface area contributed by atoms with E-state index in [1.807, 2.05) is 0 Å². The molecule has 0 aliphatic carbocycles. The van der Waals surface area contributed by atoms with Crippen LogP contribution >= 0.6 is 11.6 Å². The average molecular weight is 421 g/mol. The molecule has 1 unspecified atom stereocenters. The predicted octanol–water partition coefficient (Wildman–Crippen LogP) is 2.30. The minimum atomic E-state index is -3.80. The van der Waals surface area contributed by atoms with Crippen molar-refractivity contribution in [3.63, 3.8) is 0 Å². The normalized spacial score (nSPS) is 17.0. The number of hydrogen-bond acceptors (Lipinski definition) is 8. The van der Waals surface area contributed by atoms with Crippen molar-refractivity contribution in [2.75, 3.05) is 20.0 Å². The first-order valence-electron chi connectivity index (χ1n) is 7.77. The van der Waals surface area contributed by atoms with Crippen molar-refractivity contribution in [2.24, 2.45) is 4.99 Å². The predicted molar refractivity (Wildman–Crippen MR) is 96.5 cm³/mol. The lowest BCUT2D eigenvalue weighted by Crippen LogP contribution is -2.28. The van der Waals surface area contributed by atoms with E-state index in [-0.39, 0.29) is 40.8 Å². The van der Waals surface area contributed by atoms with E-state index in [0.29, 0.717) is 0 Å². The maximum absolute atomic E-state index is 14.7. The van der Waals surface area contributed by atoms with Gasteiger partial charge >= 0.3 is 5.97 Å². The maximum atomic E-state index is 14.7. The van der Waals surface area contributed by atoms with Crippen LogP contribution in [-0.4, -0.2) is 40.1 Å². The van der Waals surface area contributed by atoms with E-state index in [2.05, 4.69) is 14.8 Å². The molecular weight excluding hydrogens is 403 g/mol. The van der Waals surface area contributed by atoms with Gasteiger partial charge in [0.25, 0.3) is 10.1 Å². The van der Waals surface area contributed by atoms with E-state index < -0.39 is 27.9 Å². The lowest BCUT2D eigenvalue weighted by molar-refractivity contribution is -0.135. The van der Waals surface area contributed by atoms with Gasteiger partial charge in [-0.15, -0.1) is 0 Å². The molecule has 11 heteroatoms. The quantitative estimate of drug-likeness (QED) is 0.533. The molecule has 1 aromatic rings. The molecule has 1 heterocycles. The molecule has 0 fully saturated rings. The standard InChI is InChI=1S/C16H18ClFN2O6S/c1-4-25-16(21)13-8-9(20-26-27(3,22)23)7-12(19-13)10-5-6-11(17)15(24-2)14(10)18/h5-7,12,20H,4,8H2,1-3H3. The number of allylic oxidation sites excluding steroid dienone is 1. The van der Waals surface area contributed by atoms with Crippen LogP contribution in [0.2, 0.25) is 5.02 Å². The first-order chi connectivity index (χ1) is 12.7. The molecule has 1 atom stereocenters. The number of hydroxylamine groups is 1. The van der Waals surface area contributed by atoms with E-state index in [4.69, 9.17) is 21.1 Å². The second kappa shape index (κ2) is 8.68. The molecule has 1 aliphatic rings. The third-order valence-electron chi connectivity index (χ3n) is 3.45. The summed E-state index contributed by atoms with van der Waals surface area (Å²) in [6.07, 6.45) is 2.21. The van der Waals surface area contributed by atoms with E-state index in [1.54, 1.807) is 6.92 Å². The molecule has 0 bridgehead atoms. The molecule has 0 aromatic heterocycles. The van der Waals surface area contributed by atoms with Crippen molar-refractivity contribution in [1.29, 1.82) is 0 Å². The molecule has 0 spiro atoms. The number of carbonyl (C=O) groups is 1. The van der Waals surface area contributed by atoms with Crippen LogP contribution in [0, 0.1) is 5.82 Å². The largest absolute Gasteiger partial charge is 0.492 e. The van der Waals surface area contributed by atoms with Crippen LogP contribution in [0.5, 0.6) is 5.75 Å². The number of rotatable bonds is 7. The summed E-state index contributed by atoms with van der Waals surface area (Å²) in [7, 11) is -2.53. The summed E-state index contributed by atoms with van der Waals surface area (Å²) in [5, 5.41) is 0.0758. The van der Waals surface area contributed by atoms with Gasteiger partial charge in [-0.3, -0.25) is 10.5 Å². The molecule has 2 rings (SSSR count). The van der Waals surface area contributed by atoms with Gasteiger partial charge < -0.3 is 9.47 Å². The number of esters is 1. The van der Waals surface area contributed by atoms with E-state index in [1.165, 1.54) is 25.3 Å². The van der Waals surface area contributed by atoms with Crippen molar-refractivity contribution in [3.8, 4) is 5.75 Å². The van der Waals surface area contributed by atoms with E-state index in [0.717, 1.165) is 6.26 Å². The number of carbonyl (C=O) groups excluding carboxylic acids is 1. The number of hydrogen-bond donors (Lipinski definition) is 1. The van der Waals surface area contributed by atoms with E-state index >= 15 is 0 Å². The molecule has 0 saturated carbocycles. The Morgan fingerprint density at radius 2 is 2.15 bits per heavy atom. The van der Waals surface area contributed by atoms with Gasteiger partial charge in [-0.2, -0.15) is 12.7 Å². The fourth-order valence-corrected chi connectivity index (χ4v) is 2.82. The van der Waals surface area contributed by atoms with Gasteiger partial charge in [0.1, 0.15) is 5.71 Å². The van der Waals surface area contributed by atoms with Crippen LogP contribution in [0.15, 0.2) is 28.9 Å². The molecule has 1 aromatic carbocycles. The van der Waals surface area contributed by atoms with Crippen LogP contribution in [0.4, 0.5) is 4.39 Å². The van der Waals surface area contributed by atoms with Crippen molar-refractivity contribution in [3.05, 3.63) is 40.3 Å². The Labute approximate surface area is 161 Å². The number of methoxy groups -OCH3 is 1. The summed E-state index contributed by atoms with van der Waals surface area (Å²) in [5.74, 6) is -1.61. The Kier molecular flexibility index (Phi) is 6.79. The summed E-state index contributed by atoms with van der Waals surface area (Å²) in [6.45, 7) is 1.75. The highest BCUT2D eigenvalue weighted by Gasteiger charge is 2.27.